The van der Waals surface area contributed by atoms with Crippen LogP contribution in [0.1, 0.15) is 56.5 Å². The zero-order chi connectivity index (χ0) is 16.4. The van der Waals surface area contributed by atoms with Crippen LogP contribution in [0, 0.1) is 17.2 Å². The Morgan fingerprint density at radius 3 is 2.19 bits per heavy atom. The molecule has 0 radical (unpaired) electrons. The second kappa shape index (κ2) is 6.16. The molecule has 1 unspecified atom stereocenters. The van der Waals surface area contributed by atoms with Gasteiger partial charge in [0, 0.05) is 12.0 Å². The van der Waals surface area contributed by atoms with Crippen molar-refractivity contribution >= 4 is 5.78 Å². The molecule has 0 aromatic heterocycles. The van der Waals surface area contributed by atoms with Crippen molar-refractivity contribution < 1.29 is 22.4 Å². The molecule has 0 heterocycles. The van der Waals surface area contributed by atoms with E-state index in [-0.39, 0.29) is 23.3 Å². The maximum atomic E-state index is 13.3. The highest BCUT2D eigenvalue weighted by Gasteiger charge is 2.32. The van der Waals surface area contributed by atoms with E-state index in [4.69, 9.17) is 0 Å². The van der Waals surface area contributed by atoms with Crippen molar-refractivity contribution in [3.63, 3.8) is 0 Å². The molecule has 0 N–H and O–H groups in total. The molecule has 5 heteroatoms. The van der Waals surface area contributed by atoms with Gasteiger partial charge >= 0.3 is 6.18 Å². The Bertz CT molecular complexity index is 512. The van der Waals surface area contributed by atoms with Gasteiger partial charge in [0.15, 0.2) is 5.78 Å². The van der Waals surface area contributed by atoms with Crippen LogP contribution in [0.3, 0.4) is 0 Å². The highest BCUT2D eigenvalue weighted by Crippen LogP contribution is 2.31. The predicted molar refractivity (Wildman–Crippen MR) is 73.6 cm³/mol. The van der Waals surface area contributed by atoms with E-state index in [2.05, 4.69) is 0 Å². The molecular formula is C16H20F4O. The Kier molecular flexibility index (Phi) is 5.18. The minimum atomic E-state index is -4.66. The first-order valence-corrected chi connectivity index (χ1v) is 6.79. The molecule has 0 aliphatic heterocycles. The van der Waals surface area contributed by atoms with Crippen LogP contribution in [-0.2, 0) is 6.18 Å². The lowest BCUT2D eigenvalue weighted by atomic mass is 9.83. The lowest BCUT2D eigenvalue weighted by Gasteiger charge is -2.22. The molecule has 0 bridgehead atoms. The number of hydrogen-bond acceptors (Lipinski definition) is 1. The predicted octanol–water partition coefficient (Wildman–Crippen LogP) is 5.49. The number of hydrogen-bond donors (Lipinski definition) is 0. The average molecular weight is 304 g/mol. The Hall–Kier alpha value is -1.39. The third kappa shape index (κ3) is 5.86. The van der Waals surface area contributed by atoms with E-state index in [0.29, 0.717) is 6.07 Å². The molecule has 0 saturated heterocycles. The molecule has 0 aliphatic rings. The molecule has 1 atom stereocenters. The third-order valence-corrected chi connectivity index (χ3v) is 3.04. The second-order valence-corrected chi connectivity index (χ2v) is 6.72. The van der Waals surface area contributed by atoms with E-state index in [1.54, 1.807) is 0 Å². The van der Waals surface area contributed by atoms with E-state index in [9.17, 15) is 22.4 Å². The van der Waals surface area contributed by atoms with Gasteiger partial charge in [-0.05, 0) is 36.0 Å². The molecule has 21 heavy (non-hydrogen) atoms. The first-order valence-electron chi connectivity index (χ1n) is 6.79. The topological polar surface area (TPSA) is 17.1 Å². The molecule has 1 nitrogen and oxygen atoms in total. The van der Waals surface area contributed by atoms with Gasteiger partial charge in [-0.2, -0.15) is 13.2 Å². The van der Waals surface area contributed by atoms with Crippen molar-refractivity contribution in [2.45, 2.75) is 46.7 Å². The normalized spacial score (nSPS) is 14.1. The van der Waals surface area contributed by atoms with E-state index >= 15 is 0 Å². The summed E-state index contributed by atoms with van der Waals surface area (Å²) in [5.74, 6) is -1.48. The molecule has 0 fully saturated rings. The maximum absolute atomic E-state index is 13.3. The monoisotopic (exact) mass is 304 g/mol. The number of carbonyl (C=O) groups excluding carboxylic acids is 1. The van der Waals surface area contributed by atoms with Crippen LogP contribution in [0.2, 0.25) is 0 Å². The first-order chi connectivity index (χ1) is 9.38. The largest absolute Gasteiger partial charge is 0.416 e. The number of rotatable bonds is 4. The minimum Gasteiger partial charge on any atom is -0.294 e. The van der Waals surface area contributed by atoms with Gasteiger partial charge in [0.05, 0.1) is 5.56 Å². The molecule has 0 aliphatic carbocycles. The van der Waals surface area contributed by atoms with E-state index < -0.39 is 23.3 Å². The first kappa shape index (κ1) is 17.7. The second-order valence-electron chi connectivity index (χ2n) is 6.72. The van der Waals surface area contributed by atoms with Crippen molar-refractivity contribution in [3.05, 3.63) is 35.1 Å². The van der Waals surface area contributed by atoms with Crippen LogP contribution < -0.4 is 0 Å². The standard InChI is InChI=1S/C16H20F4O/c1-10(9-15(2,3)4)5-14(21)11-6-12(16(18,19)20)8-13(17)7-11/h6-8,10H,5,9H2,1-4H3. The highest BCUT2D eigenvalue weighted by atomic mass is 19.4. The molecular weight excluding hydrogens is 284 g/mol. The average Bonchev–Trinajstić information content (AvgIpc) is 2.23. The fourth-order valence-corrected chi connectivity index (χ4v) is 2.47. The number of benzene rings is 1. The van der Waals surface area contributed by atoms with E-state index in [1.807, 2.05) is 27.7 Å². The smallest absolute Gasteiger partial charge is 0.294 e. The highest BCUT2D eigenvalue weighted by molar-refractivity contribution is 5.96. The Morgan fingerprint density at radius 1 is 1.14 bits per heavy atom. The van der Waals surface area contributed by atoms with Crippen molar-refractivity contribution in [2.24, 2.45) is 11.3 Å². The summed E-state index contributed by atoms with van der Waals surface area (Å²) in [4.78, 5) is 12.0. The van der Waals surface area contributed by atoms with Gasteiger partial charge < -0.3 is 0 Å². The summed E-state index contributed by atoms with van der Waals surface area (Å²) >= 11 is 0. The summed E-state index contributed by atoms with van der Waals surface area (Å²) in [6.07, 6.45) is -3.79. The lowest BCUT2D eigenvalue weighted by molar-refractivity contribution is -0.137. The fourth-order valence-electron chi connectivity index (χ4n) is 2.47. The number of alkyl halides is 3. The van der Waals surface area contributed by atoms with E-state index in [0.717, 1.165) is 18.6 Å². The van der Waals surface area contributed by atoms with Gasteiger partial charge in [-0.3, -0.25) is 4.79 Å². The summed E-state index contributed by atoms with van der Waals surface area (Å²) in [6.45, 7) is 7.95. The van der Waals surface area contributed by atoms with Crippen molar-refractivity contribution in [1.82, 2.24) is 0 Å². The van der Waals surface area contributed by atoms with Crippen LogP contribution in [0.25, 0.3) is 0 Å². The molecule has 0 amide bonds. The molecule has 1 rings (SSSR count). The summed E-state index contributed by atoms with van der Waals surface area (Å²) in [6, 6.07) is 1.98. The zero-order valence-electron chi connectivity index (χ0n) is 12.6. The number of carbonyl (C=O) groups is 1. The molecule has 1 aromatic carbocycles. The van der Waals surface area contributed by atoms with Crippen LogP contribution in [0.5, 0.6) is 0 Å². The maximum Gasteiger partial charge on any atom is 0.416 e. The molecule has 0 spiro atoms. The van der Waals surface area contributed by atoms with Gasteiger partial charge in [0.25, 0.3) is 0 Å². The van der Waals surface area contributed by atoms with Gasteiger partial charge in [-0.15, -0.1) is 0 Å². The summed E-state index contributed by atoms with van der Waals surface area (Å²) in [5, 5.41) is 0. The van der Waals surface area contributed by atoms with Gasteiger partial charge in [-0.1, -0.05) is 27.7 Å². The SMILES string of the molecule is CC(CC(=O)c1cc(F)cc(C(F)(F)F)c1)CC(C)(C)C. The zero-order valence-corrected chi connectivity index (χ0v) is 12.6. The van der Waals surface area contributed by atoms with Gasteiger partial charge in [0.2, 0.25) is 0 Å². The quantitative estimate of drug-likeness (QED) is 0.531. The van der Waals surface area contributed by atoms with Crippen molar-refractivity contribution in [1.29, 1.82) is 0 Å². The van der Waals surface area contributed by atoms with Gasteiger partial charge in [-0.25, -0.2) is 4.39 Å². The molecule has 1 aromatic rings. The van der Waals surface area contributed by atoms with Crippen LogP contribution in [0.15, 0.2) is 18.2 Å². The molecule has 0 saturated carbocycles. The molecule has 118 valence electrons. The lowest BCUT2D eigenvalue weighted by Crippen LogP contribution is -2.15. The fraction of sp³-hybridized carbons (Fsp3) is 0.562. The Labute approximate surface area is 122 Å². The van der Waals surface area contributed by atoms with E-state index in [1.165, 1.54) is 0 Å². The third-order valence-electron chi connectivity index (χ3n) is 3.04. The Balaban J connectivity index is 2.91. The minimum absolute atomic E-state index is 0.0232. The summed E-state index contributed by atoms with van der Waals surface area (Å²) in [7, 11) is 0. The van der Waals surface area contributed by atoms with Crippen LogP contribution in [-0.4, -0.2) is 5.78 Å². The summed E-state index contributed by atoms with van der Waals surface area (Å²) in [5.41, 5.74) is -1.32. The van der Waals surface area contributed by atoms with Crippen LogP contribution >= 0.6 is 0 Å². The van der Waals surface area contributed by atoms with Crippen molar-refractivity contribution in [3.8, 4) is 0 Å². The van der Waals surface area contributed by atoms with Crippen molar-refractivity contribution in [2.75, 3.05) is 0 Å². The number of halogens is 4. The van der Waals surface area contributed by atoms with Gasteiger partial charge in [0.1, 0.15) is 5.82 Å². The Morgan fingerprint density at radius 2 is 1.71 bits per heavy atom. The van der Waals surface area contributed by atoms with Crippen LogP contribution in [0.4, 0.5) is 17.6 Å². The number of Topliss-reactive ketones (excluding diaryl/α,β-unsaturated/α-hetero) is 1. The number of ketones is 1. The summed E-state index contributed by atoms with van der Waals surface area (Å²) < 4.78 is 51.1.